The van der Waals surface area contributed by atoms with Crippen molar-refractivity contribution in [1.29, 1.82) is 0 Å². The minimum Gasteiger partial charge on any atom is -0.344 e. The van der Waals surface area contributed by atoms with E-state index >= 15 is 0 Å². The van der Waals surface area contributed by atoms with Crippen LogP contribution in [0.3, 0.4) is 0 Å². The van der Waals surface area contributed by atoms with E-state index in [9.17, 15) is 4.79 Å². The van der Waals surface area contributed by atoms with Crippen molar-refractivity contribution in [1.82, 2.24) is 15.3 Å². The Hall–Kier alpha value is -1.83. The van der Waals surface area contributed by atoms with Crippen LogP contribution < -0.4 is 11.1 Å². The van der Waals surface area contributed by atoms with E-state index in [-0.39, 0.29) is 5.91 Å². The summed E-state index contributed by atoms with van der Waals surface area (Å²) in [7, 11) is 0. The first-order valence-electron chi connectivity index (χ1n) is 6.03. The van der Waals surface area contributed by atoms with Crippen LogP contribution in [-0.4, -0.2) is 15.9 Å². The second-order valence-corrected chi connectivity index (χ2v) is 6.15. The van der Waals surface area contributed by atoms with Crippen molar-refractivity contribution in [2.45, 2.75) is 13.1 Å². The van der Waals surface area contributed by atoms with Crippen LogP contribution in [-0.2, 0) is 13.1 Å². The van der Waals surface area contributed by atoms with Crippen molar-refractivity contribution in [3.05, 3.63) is 45.4 Å². The molecular weight excluding hydrogens is 292 g/mol. The molecule has 102 valence electrons. The largest absolute Gasteiger partial charge is 0.344 e. The van der Waals surface area contributed by atoms with E-state index in [0.717, 1.165) is 20.2 Å². The number of nitrogens with zero attached hydrogens (tertiary/aromatic N) is 2. The Kier molecular flexibility index (Phi) is 3.72. The Balaban J connectivity index is 1.68. The van der Waals surface area contributed by atoms with Gasteiger partial charge in [0.1, 0.15) is 15.7 Å². The van der Waals surface area contributed by atoms with Gasteiger partial charge >= 0.3 is 0 Å². The average Bonchev–Trinajstić information content (AvgIpc) is 3.10. The molecule has 0 bridgehead atoms. The van der Waals surface area contributed by atoms with Gasteiger partial charge < -0.3 is 11.1 Å². The number of nitrogens with two attached hydrogens (primary N) is 1. The van der Waals surface area contributed by atoms with Crippen molar-refractivity contribution >= 4 is 38.8 Å². The van der Waals surface area contributed by atoms with E-state index in [1.54, 1.807) is 16.7 Å². The molecule has 0 aliphatic rings. The molecule has 3 aromatic rings. The summed E-state index contributed by atoms with van der Waals surface area (Å²) >= 11 is 2.97. The number of hydrogen-bond acceptors (Lipinski definition) is 6. The highest BCUT2D eigenvalue weighted by Gasteiger charge is 2.11. The monoisotopic (exact) mass is 304 g/mol. The first-order chi connectivity index (χ1) is 9.76. The molecule has 0 aliphatic heterocycles. The van der Waals surface area contributed by atoms with Gasteiger partial charge in [-0.25, -0.2) is 9.97 Å². The van der Waals surface area contributed by atoms with Crippen molar-refractivity contribution in [2.24, 2.45) is 5.73 Å². The second-order valence-electron chi connectivity index (χ2n) is 4.09. The summed E-state index contributed by atoms with van der Waals surface area (Å²) in [5, 5.41) is 6.19. The number of para-hydroxylation sites is 1. The summed E-state index contributed by atoms with van der Waals surface area (Å²) in [5.41, 5.74) is 6.85. The van der Waals surface area contributed by atoms with Crippen LogP contribution in [0.25, 0.3) is 10.2 Å². The van der Waals surface area contributed by atoms with Gasteiger partial charge in [-0.2, -0.15) is 0 Å². The molecule has 3 rings (SSSR count). The maximum Gasteiger partial charge on any atom is 0.271 e. The van der Waals surface area contributed by atoms with Crippen molar-refractivity contribution in [3.63, 3.8) is 0 Å². The molecule has 0 saturated heterocycles. The van der Waals surface area contributed by atoms with Crippen LogP contribution in [0.5, 0.6) is 0 Å². The maximum atomic E-state index is 11.9. The third kappa shape index (κ3) is 2.69. The first-order valence-corrected chi connectivity index (χ1v) is 7.73. The normalized spacial score (nSPS) is 10.8. The predicted octanol–water partition coefficient (Wildman–Crippen LogP) is 2.14. The molecule has 7 heteroatoms. The standard InChI is InChI=1S/C13H12N4OS2/c14-5-11-17-9(7-19-11)13(18)15-6-12-16-8-3-1-2-4-10(8)20-12/h1-4,7H,5-6,14H2,(H,15,18). The highest BCUT2D eigenvalue weighted by Crippen LogP contribution is 2.21. The average molecular weight is 304 g/mol. The molecule has 1 aromatic carbocycles. The van der Waals surface area contributed by atoms with Crippen LogP contribution in [0.2, 0.25) is 0 Å². The zero-order valence-electron chi connectivity index (χ0n) is 10.5. The number of rotatable bonds is 4. The lowest BCUT2D eigenvalue weighted by Gasteiger charge is -1.99. The number of benzene rings is 1. The van der Waals surface area contributed by atoms with E-state index in [4.69, 9.17) is 5.73 Å². The van der Waals surface area contributed by atoms with Gasteiger partial charge in [0.15, 0.2) is 0 Å². The fourth-order valence-electron chi connectivity index (χ4n) is 1.75. The molecule has 0 radical (unpaired) electrons. The number of amides is 1. The highest BCUT2D eigenvalue weighted by molar-refractivity contribution is 7.18. The smallest absolute Gasteiger partial charge is 0.271 e. The molecule has 0 unspecified atom stereocenters. The number of carbonyl (C=O) groups excluding carboxylic acids is 1. The molecule has 2 aromatic heterocycles. The topological polar surface area (TPSA) is 80.9 Å². The third-order valence-electron chi connectivity index (χ3n) is 2.70. The first kappa shape index (κ1) is 13.2. The Morgan fingerprint density at radius 1 is 1.25 bits per heavy atom. The quantitative estimate of drug-likeness (QED) is 0.774. The molecule has 3 N–H and O–H groups in total. The molecular formula is C13H12N4OS2. The van der Waals surface area contributed by atoms with Crippen molar-refractivity contribution < 1.29 is 4.79 Å². The predicted molar refractivity (Wildman–Crippen MR) is 80.8 cm³/mol. The molecule has 5 nitrogen and oxygen atoms in total. The third-order valence-corrected chi connectivity index (χ3v) is 4.60. The van der Waals surface area contributed by atoms with E-state index in [1.165, 1.54) is 11.3 Å². The second kappa shape index (κ2) is 5.66. The van der Waals surface area contributed by atoms with Crippen molar-refractivity contribution in [2.75, 3.05) is 0 Å². The number of thiazole rings is 2. The zero-order valence-corrected chi connectivity index (χ0v) is 12.1. The summed E-state index contributed by atoms with van der Waals surface area (Å²) in [5.74, 6) is -0.194. The number of carbonyl (C=O) groups is 1. The van der Waals surface area contributed by atoms with E-state index < -0.39 is 0 Å². The maximum absolute atomic E-state index is 11.9. The Morgan fingerprint density at radius 3 is 2.85 bits per heavy atom. The van der Waals surface area contributed by atoms with Crippen molar-refractivity contribution in [3.8, 4) is 0 Å². The van der Waals surface area contributed by atoms with Gasteiger partial charge in [-0.15, -0.1) is 22.7 Å². The fraction of sp³-hybridized carbons (Fsp3) is 0.154. The summed E-state index contributed by atoms with van der Waals surface area (Å²) < 4.78 is 1.12. The number of hydrogen-bond donors (Lipinski definition) is 2. The van der Waals surface area contributed by atoms with Crippen LogP contribution in [0.4, 0.5) is 0 Å². The Morgan fingerprint density at radius 2 is 2.10 bits per heavy atom. The van der Waals surface area contributed by atoms with Gasteiger partial charge in [-0.05, 0) is 12.1 Å². The van der Waals surface area contributed by atoms with E-state index in [1.807, 2.05) is 24.3 Å². The molecule has 20 heavy (non-hydrogen) atoms. The Labute approximate surface area is 123 Å². The molecule has 0 spiro atoms. The van der Waals surface area contributed by atoms with E-state index in [0.29, 0.717) is 18.8 Å². The van der Waals surface area contributed by atoms with Gasteiger partial charge in [-0.3, -0.25) is 4.79 Å². The van der Waals surface area contributed by atoms with Gasteiger partial charge in [0.05, 0.1) is 16.8 Å². The molecule has 0 fully saturated rings. The van der Waals surface area contributed by atoms with Gasteiger partial charge in [0.25, 0.3) is 5.91 Å². The van der Waals surface area contributed by atoms with Crippen LogP contribution in [0.1, 0.15) is 20.5 Å². The lowest BCUT2D eigenvalue weighted by Crippen LogP contribution is -2.23. The molecule has 1 amide bonds. The van der Waals surface area contributed by atoms with Gasteiger partial charge in [0.2, 0.25) is 0 Å². The van der Waals surface area contributed by atoms with Gasteiger partial charge in [-0.1, -0.05) is 12.1 Å². The van der Waals surface area contributed by atoms with E-state index in [2.05, 4.69) is 15.3 Å². The summed E-state index contributed by atoms with van der Waals surface area (Å²) in [4.78, 5) is 20.5. The molecule has 0 atom stereocenters. The SMILES string of the molecule is NCc1nc(C(=O)NCc2nc3ccccc3s2)cs1. The molecule has 2 heterocycles. The Bertz CT molecular complexity index is 717. The fourth-order valence-corrected chi connectivity index (χ4v) is 3.31. The van der Waals surface area contributed by atoms with Crippen LogP contribution in [0, 0.1) is 0 Å². The number of fused-ring (bicyclic) bond motifs is 1. The van der Waals surface area contributed by atoms with Gasteiger partial charge in [0, 0.05) is 11.9 Å². The highest BCUT2D eigenvalue weighted by atomic mass is 32.1. The number of nitrogens with one attached hydrogen (secondary N) is 1. The zero-order chi connectivity index (χ0) is 13.9. The molecule has 0 aliphatic carbocycles. The summed E-state index contributed by atoms with van der Waals surface area (Å²) in [6, 6.07) is 7.91. The summed E-state index contributed by atoms with van der Waals surface area (Å²) in [6.07, 6.45) is 0. The van der Waals surface area contributed by atoms with Crippen LogP contribution in [0.15, 0.2) is 29.6 Å². The molecule has 0 saturated carbocycles. The number of aromatic nitrogens is 2. The minimum absolute atomic E-state index is 0.194. The lowest BCUT2D eigenvalue weighted by molar-refractivity contribution is 0.0946. The summed E-state index contributed by atoms with van der Waals surface area (Å²) in [6.45, 7) is 0.767. The lowest BCUT2D eigenvalue weighted by atomic mass is 10.3. The van der Waals surface area contributed by atoms with Crippen LogP contribution >= 0.6 is 22.7 Å². The minimum atomic E-state index is -0.194.